The zero-order valence-electron chi connectivity index (χ0n) is 8.77. The molecule has 0 amide bonds. The zero-order valence-corrected chi connectivity index (χ0v) is 8.77. The van der Waals surface area contributed by atoms with E-state index in [0.717, 1.165) is 5.92 Å². The molecule has 0 spiro atoms. The van der Waals surface area contributed by atoms with E-state index in [9.17, 15) is 0 Å². The van der Waals surface area contributed by atoms with Crippen molar-refractivity contribution < 1.29 is 0 Å². The first-order valence-corrected chi connectivity index (χ1v) is 5.32. The van der Waals surface area contributed by atoms with E-state index >= 15 is 0 Å². The van der Waals surface area contributed by atoms with E-state index in [2.05, 4.69) is 22.2 Å². The van der Waals surface area contributed by atoms with Crippen LogP contribution in [0.3, 0.4) is 0 Å². The van der Waals surface area contributed by atoms with Gasteiger partial charge in [-0.25, -0.2) is 9.97 Å². The molecule has 1 saturated carbocycles. The predicted molar refractivity (Wildman–Crippen MR) is 57.2 cm³/mol. The van der Waals surface area contributed by atoms with E-state index in [0.29, 0.717) is 17.6 Å². The fourth-order valence-corrected chi connectivity index (χ4v) is 1.82. The Bertz CT molecular complexity index is 382. The summed E-state index contributed by atoms with van der Waals surface area (Å²) in [6.07, 6.45) is 6.81. The van der Waals surface area contributed by atoms with Gasteiger partial charge in [0.25, 0.3) is 0 Å². The van der Waals surface area contributed by atoms with Gasteiger partial charge in [0.2, 0.25) is 0 Å². The summed E-state index contributed by atoms with van der Waals surface area (Å²) in [5.74, 6) is 1.38. The lowest BCUT2D eigenvalue weighted by Gasteiger charge is -2.04. The largest absolute Gasteiger partial charge is 0.365 e. The van der Waals surface area contributed by atoms with Crippen LogP contribution in [0.1, 0.15) is 31.9 Å². The molecule has 2 unspecified atom stereocenters. The molecule has 1 aromatic rings. The summed E-state index contributed by atoms with van der Waals surface area (Å²) in [5, 5.41) is 12.1. The summed E-state index contributed by atoms with van der Waals surface area (Å²) in [7, 11) is 0. The lowest BCUT2D eigenvalue weighted by Crippen LogP contribution is -2.08. The van der Waals surface area contributed by atoms with Crippen molar-refractivity contribution in [2.45, 2.75) is 32.2 Å². The van der Waals surface area contributed by atoms with Crippen molar-refractivity contribution in [3.63, 3.8) is 0 Å². The second-order valence-electron chi connectivity index (χ2n) is 3.90. The Balaban J connectivity index is 1.98. The normalized spacial score (nSPS) is 23.2. The number of rotatable bonds is 4. The van der Waals surface area contributed by atoms with Crippen LogP contribution in [-0.2, 0) is 0 Å². The van der Waals surface area contributed by atoms with Gasteiger partial charge in [-0.2, -0.15) is 5.26 Å². The first-order chi connectivity index (χ1) is 7.35. The summed E-state index contributed by atoms with van der Waals surface area (Å²) in [6, 6.07) is 2.53. The standard InChI is InChI=1S/C11H14N4/c1-2-3-8-6-9(8)15-11-10(7-12)13-4-5-14-11/h4-5,8-9H,2-3,6H2,1H3,(H,14,15). The number of nitriles is 1. The summed E-state index contributed by atoms with van der Waals surface area (Å²) < 4.78 is 0. The van der Waals surface area contributed by atoms with Crippen LogP contribution in [0.25, 0.3) is 0 Å². The first-order valence-electron chi connectivity index (χ1n) is 5.32. The van der Waals surface area contributed by atoms with Gasteiger partial charge in [0.05, 0.1) is 0 Å². The van der Waals surface area contributed by atoms with Gasteiger partial charge in [0.15, 0.2) is 11.5 Å². The Morgan fingerprint density at radius 2 is 2.33 bits per heavy atom. The van der Waals surface area contributed by atoms with Crippen LogP contribution < -0.4 is 5.32 Å². The number of nitrogens with zero attached hydrogens (tertiary/aromatic N) is 3. The highest BCUT2D eigenvalue weighted by Gasteiger charge is 2.36. The summed E-state index contributed by atoms with van der Waals surface area (Å²) >= 11 is 0. The average molecular weight is 202 g/mol. The smallest absolute Gasteiger partial charge is 0.182 e. The third-order valence-corrected chi connectivity index (χ3v) is 2.71. The fourth-order valence-electron chi connectivity index (χ4n) is 1.82. The predicted octanol–water partition coefficient (Wildman–Crippen LogP) is 1.95. The molecular formula is C11H14N4. The maximum Gasteiger partial charge on any atom is 0.182 e. The topological polar surface area (TPSA) is 61.6 Å². The Labute approximate surface area is 89.4 Å². The van der Waals surface area contributed by atoms with Crippen molar-refractivity contribution in [3.05, 3.63) is 18.1 Å². The molecule has 1 heterocycles. The monoisotopic (exact) mass is 202 g/mol. The second-order valence-corrected chi connectivity index (χ2v) is 3.90. The van der Waals surface area contributed by atoms with Crippen LogP contribution in [0, 0.1) is 17.2 Å². The van der Waals surface area contributed by atoms with Gasteiger partial charge in [-0.05, 0) is 18.8 Å². The first kappa shape index (κ1) is 9.91. The zero-order chi connectivity index (χ0) is 10.7. The third-order valence-electron chi connectivity index (χ3n) is 2.71. The van der Waals surface area contributed by atoms with Gasteiger partial charge < -0.3 is 5.32 Å². The maximum atomic E-state index is 8.83. The van der Waals surface area contributed by atoms with Gasteiger partial charge in [-0.15, -0.1) is 0 Å². The molecule has 4 nitrogen and oxygen atoms in total. The molecule has 0 radical (unpaired) electrons. The minimum atomic E-state index is 0.389. The van der Waals surface area contributed by atoms with Crippen LogP contribution in [0.15, 0.2) is 12.4 Å². The van der Waals surface area contributed by atoms with Crippen molar-refractivity contribution >= 4 is 5.82 Å². The highest BCUT2D eigenvalue weighted by molar-refractivity contribution is 5.48. The molecule has 1 aromatic heterocycles. The van der Waals surface area contributed by atoms with Gasteiger partial charge >= 0.3 is 0 Å². The Kier molecular flexibility index (Phi) is 2.82. The van der Waals surface area contributed by atoms with Crippen molar-refractivity contribution in [3.8, 4) is 6.07 Å². The average Bonchev–Trinajstić information content (AvgIpc) is 2.98. The minimum Gasteiger partial charge on any atom is -0.365 e. The lowest BCUT2D eigenvalue weighted by atomic mass is 10.2. The molecule has 4 heteroatoms. The molecule has 1 N–H and O–H groups in total. The van der Waals surface area contributed by atoms with Gasteiger partial charge in [0, 0.05) is 18.4 Å². The van der Waals surface area contributed by atoms with E-state index in [1.165, 1.54) is 19.3 Å². The van der Waals surface area contributed by atoms with Gasteiger partial charge in [-0.3, -0.25) is 0 Å². The number of nitrogens with one attached hydrogen (secondary N) is 1. The van der Waals surface area contributed by atoms with Crippen molar-refractivity contribution in [1.82, 2.24) is 9.97 Å². The number of aromatic nitrogens is 2. The van der Waals surface area contributed by atoms with Crippen molar-refractivity contribution in [2.24, 2.45) is 5.92 Å². The number of anilines is 1. The summed E-state index contributed by atoms with van der Waals surface area (Å²) in [6.45, 7) is 2.19. The van der Waals surface area contributed by atoms with E-state index in [-0.39, 0.29) is 0 Å². The summed E-state index contributed by atoms with van der Waals surface area (Å²) in [5.41, 5.74) is 0.389. The molecule has 2 atom stereocenters. The maximum absolute atomic E-state index is 8.83. The highest BCUT2D eigenvalue weighted by Crippen LogP contribution is 2.37. The minimum absolute atomic E-state index is 0.389. The molecule has 1 aliphatic rings. The molecule has 0 bridgehead atoms. The SMILES string of the molecule is CCCC1CC1Nc1nccnc1C#N. The second kappa shape index (κ2) is 4.26. The highest BCUT2D eigenvalue weighted by atomic mass is 15.1. The molecule has 0 saturated heterocycles. The Hall–Kier alpha value is -1.63. The summed E-state index contributed by atoms with van der Waals surface area (Å²) in [4.78, 5) is 8.09. The van der Waals surface area contributed by atoms with Crippen molar-refractivity contribution in [1.29, 1.82) is 5.26 Å². The van der Waals surface area contributed by atoms with E-state index in [4.69, 9.17) is 5.26 Å². The Morgan fingerprint density at radius 1 is 1.53 bits per heavy atom. The van der Waals surface area contributed by atoms with Crippen LogP contribution in [0.2, 0.25) is 0 Å². The molecule has 78 valence electrons. The molecule has 1 aliphatic carbocycles. The lowest BCUT2D eigenvalue weighted by molar-refractivity contribution is 0.692. The number of hydrogen-bond donors (Lipinski definition) is 1. The third kappa shape index (κ3) is 2.24. The molecular weight excluding hydrogens is 188 g/mol. The molecule has 15 heavy (non-hydrogen) atoms. The fraction of sp³-hybridized carbons (Fsp3) is 0.545. The molecule has 2 rings (SSSR count). The van der Waals surface area contributed by atoms with Crippen LogP contribution in [0.4, 0.5) is 5.82 Å². The van der Waals surface area contributed by atoms with Gasteiger partial charge in [-0.1, -0.05) is 13.3 Å². The Morgan fingerprint density at radius 3 is 3.07 bits per heavy atom. The molecule has 1 fully saturated rings. The van der Waals surface area contributed by atoms with Crippen molar-refractivity contribution in [2.75, 3.05) is 5.32 Å². The molecule has 0 aliphatic heterocycles. The van der Waals surface area contributed by atoms with E-state index < -0.39 is 0 Å². The quantitative estimate of drug-likeness (QED) is 0.810. The van der Waals surface area contributed by atoms with Crippen LogP contribution in [0.5, 0.6) is 0 Å². The van der Waals surface area contributed by atoms with E-state index in [1.54, 1.807) is 12.4 Å². The van der Waals surface area contributed by atoms with Crippen LogP contribution >= 0.6 is 0 Å². The van der Waals surface area contributed by atoms with Crippen LogP contribution in [-0.4, -0.2) is 16.0 Å². The van der Waals surface area contributed by atoms with Gasteiger partial charge in [0.1, 0.15) is 6.07 Å². The van der Waals surface area contributed by atoms with E-state index in [1.807, 2.05) is 6.07 Å². The molecule has 0 aromatic carbocycles. The number of hydrogen-bond acceptors (Lipinski definition) is 4.